The van der Waals surface area contributed by atoms with Crippen LogP contribution in [0.2, 0.25) is 0 Å². The van der Waals surface area contributed by atoms with Crippen molar-refractivity contribution in [1.82, 2.24) is 15.1 Å². The molecular weight excluding hydrogens is 226 g/mol. The van der Waals surface area contributed by atoms with E-state index in [4.69, 9.17) is 0 Å². The monoisotopic (exact) mass is 247 g/mol. The van der Waals surface area contributed by atoms with Crippen LogP contribution in [0.15, 0.2) is 10.9 Å². The minimum Gasteiger partial charge on any atom is -0.312 e. The molecule has 4 heteroatoms. The zero-order valence-electron chi connectivity index (χ0n) is 10.8. The molecule has 1 atom stereocenters. The van der Waals surface area contributed by atoms with Gasteiger partial charge in [0.2, 0.25) is 0 Å². The van der Waals surface area contributed by atoms with Crippen LogP contribution in [0.3, 0.4) is 0 Å². The second-order valence-electron chi connectivity index (χ2n) is 5.49. The van der Waals surface area contributed by atoms with Crippen LogP contribution < -0.4 is 10.9 Å². The van der Waals surface area contributed by atoms with Gasteiger partial charge in [0.05, 0.1) is 12.2 Å². The smallest absolute Gasteiger partial charge is 0.267 e. The highest BCUT2D eigenvalue weighted by Crippen LogP contribution is 2.17. The first-order valence-corrected chi connectivity index (χ1v) is 7.16. The summed E-state index contributed by atoms with van der Waals surface area (Å²) >= 11 is 0. The Bertz CT molecular complexity index is 474. The van der Waals surface area contributed by atoms with E-state index in [0.717, 1.165) is 38.0 Å². The maximum atomic E-state index is 12.1. The zero-order chi connectivity index (χ0) is 12.4. The van der Waals surface area contributed by atoms with Crippen LogP contribution in [-0.2, 0) is 19.4 Å². The normalized spacial score (nSPS) is 23.7. The largest absolute Gasteiger partial charge is 0.312 e. The van der Waals surface area contributed by atoms with Crippen molar-refractivity contribution in [2.75, 3.05) is 6.54 Å². The third-order valence-electron chi connectivity index (χ3n) is 4.08. The van der Waals surface area contributed by atoms with E-state index in [1.54, 1.807) is 4.68 Å². The first-order valence-electron chi connectivity index (χ1n) is 7.16. The summed E-state index contributed by atoms with van der Waals surface area (Å²) < 4.78 is 1.67. The highest BCUT2D eigenvalue weighted by Gasteiger charge is 2.17. The quantitative estimate of drug-likeness (QED) is 0.800. The molecule has 18 heavy (non-hydrogen) atoms. The molecule has 0 aromatic carbocycles. The highest BCUT2D eigenvalue weighted by molar-refractivity contribution is 5.19. The Kier molecular flexibility index (Phi) is 3.46. The molecule has 1 N–H and O–H groups in total. The number of nitrogens with one attached hydrogen (secondary N) is 1. The molecule has 1 aromatic rings. The predicted octanol–water partition coefficient (Wildman–Crippen LogP) is 1.26. The van der Waals surface area contributed by atoms with Crippen molar-refractivity contribution in [3.8, 4) is 0 Å². The SMILES string of the molecule is O=c1cc2c(nn1CC1CCCN1)CCCCC2. The Labute approximate surface area is 107 Å². The number of aryl methyl sites for hydroxylation is 2. The minimum absolute atomic E-state index is 0.0735. The van der Waals surface area contributed by atoms with E-state index in [9.17, 15) is 4.79 Å². The number of hydrogen-bond donors (Lipinski definition) is 1. The van der Waals surface area contributed by atoms with Gasteiger partial charge >= 0.3 is 0 Å². The fourth-order valence-corrected chi connectivity index (χ4v) is 3.03. The molecule has 0 amide bonds. The molecule has 0 spiro atoms. The number of aromatic nitrogens is 2. The van der Waals surface area contributed by atoms with E-state index in [-0.39, 0.29) is 5.56 Å². The van der Waals surface area contributed by atoms with E-state index in [1.807, 2.05) is 6.07 Å². The molecule has 98 valence electrons. The summed E-state index contributed by atoms with van der Waals surface area (Å²) in [7, 11) is 0. The van der Waals surface area contributed by atoms with Crippen LogP contribution in [0.5, 0.6) is 0 Å². The van der Waals surface area contributed by atoms with Crippen LogP contribution in [0.1, 0.15) is 43.4 Å². The molecule has 1 unspecified atom stereocenters. The third-order valence-corrected chi connectivity index (χ3v) is 4.08. The molecule has 2 heterocycles. The van der Waals surface area contributed by atoms with Crippen molar-refractivity contribution >= 4 is 0 Å². The first kappa shape index (κ1) is 11.9. The van der Waals surface area contributed by atoms with Gasteiger partial charge in [0.15, 0.2) is 0 Å². The molecule has 1 fully saturated rings. The molecule has 1 aromatic heterocycles. The maximum Gasteiger partial charge on any atom is 0.267 e. The Morgan fingerprint density at radius 2 is 2.17 bits per heavy atom. The molecule has 0 radical (unpaired) electrons. The molecule has 0 saturated carbocycles. The Morgan fingerprint density at radius 3 is 3.00 bits per heavy atom. The average molecular weight is 247 g/mol. The number of rotatable bonds is 2. The summed E-state index contributed by atoms with van der Waals surface area (Å²) in [5.74, 6) is 0. The van der Waals surface area contributed by atoms with E-state index in [2.05, 4.69) is 10.4 Å². The summed E-state index contributed by atoms with van der Waals surface area (Å²) in [4.78, 5) is 12.1. The van der Waals surface area contributed by atoms with Gasteiger partial charge in [0, 0.05) is 12.1 Å². The molecule has 1 saturated heterocycles. The summed E-state index contributed by atoms with van der Waals surface area (Å²) in [6.07, 6.45) is 8.10. The lowest BCUT2D eigenvalue weighted by molar-refractivity contribution is 0.453. The van der Waals surface area contributed by atoms with Gasteiger partial charge in [-0.25, -0.2) is 4.68 Å². The van der Waals surface area contributed by atoms with Crippen LogP contribution in [0, 0.1) is 0 Å². The van der Waals surface area contributed by atoms with Crippen molar-refractivity contribution in [1.29, 1.82) is 0 Å². The van der Waals surface area contributed by atoms with Crippen LogP contribution in [0.4, 0.5) is 0 Å². The van der Waals surface area contributed by atoms with Crippen LogP contribution in [-0.4, -0.2) is 22.4 Å². The fraction of sp³-hybridized carbons (Fsp3) is 0.714. The molecule has 2 aliphatic rings. The Morgan fingerprint density at radius 1 is 1.28 bits per heavy atom. The summed E-state index contributed by atoms with van der Waals surface area (Å²) in [5.41, 5.74) is 2.42. The van der Waals surface area contributed by atoms with Crippen LogP contribution in [0.25, 0.3) is 0 Å². The standard InChI is InChI=1S/C14H21N3O/c18-14-9-11-5-2-1-3-7-13(11)16-17(14)10-12-6-4-8-15-12/h9,12,15H,1-8,10H2. The van der Waals surface area contributed by atoms with Crippen molar-refractivity contribution in [2.24, 2.45) is 0 Å². The summed E-state index contributed by atoms with van der Waals surface area (Å²) in [5, 5.41) is 8.03. The van der Waals surface area contributed by atoms with Gasteiger partial charge in [-0.2, -0.15) is 5.10 Å². The maximum absolute atomic E-state index is 12.1. The van der Waals surface area contributed by atoms with Gasteiger partial charge in [-0.05, 0) is 50.6 Å². The summed E-state index contributed by atoms with van der Waals surface area (Å²) in [6.45, 7) is 1.80. The van der Waals surface area contributed by atoms with Gasteiger partial charge in [-0.3, -0.25) is 4.79 Å². The average Bonchev–Trinajstić information content (AvgIpc) is 2.76. The van der Waals surface area contributed by atoms with Gasteiger partial charge in [-0.15, -0.1) is 0 Å². The second-order valence-corrected chi connectivity index (χ2v) is 5.49. The predicted molar refractivity (Wildman–Crippen MR) is 70.8 cm³/mol. The number of fused-ring (bicyclic) bond motifs is 1. The van der Waals surface area contributed by atoms with E-state index < -0.39 is 0 Å². The van der Waals surface area contributed by atoms with Crippen molar-refractivity contribution in [3.05, 3.63) is 27.7 Å². The number of hydrogen-bond acceptors (Lipinski definition) is 3. The van der Waals surface area contributed by atoms with Gasteiger partial charge < -0.3 is 5.32 Å². The van der Waals surface area contributed by atoms with Crippen molar-refractivity contribution < 1.29 is 0 Å². The topological polar surface area (TPSA) is 46.9 Å². The van der Waals surface area contributed by atoms with Crippen LogP contribution >= 0.6 is 0 Å². The minimum atomic E-state index is 0.0735. The molecular formula is C14H21N3O. The van der Waals surface area contributed by atoms with Crippen molar-refractivity contribution in [2.45, 2.75) is 57.5 Å². The van der Waals surface area contributed by atoms with Gasteiger partial charge in [0.25, 0.3) is 5.56 Å². The second kappa shape index (κ2) is 5.22. The molecule has 1 aliphatic carbocycles. The molecule has 4 nitrogen and oxygen atoms in total. The summed E-state index contributed by atoms with van der Waals surface area (Å²) in [6, 6.07) is 2.25. The highest BCUT2D eigenvalue weighted by atomic mass is 16.1. The Balaban J connectivity index is 1.85. The molecule has 0 bridgehead atoms. The van der Waals surface area contributed by atoms with E-state index in [0.29, 0.717) is 6.04 Å². The first-order chi connectivity index (χ1) is 8.83. The molecule has 1 aliphatic heterocycles. The third kappa shape index (κ3) is 2.48. The molecule has 3 rings (SSSR count). The lowest BCUT2D eigenvalue weighted by atomic mass is 10.1. The fourth-order valence-electron chi connectivity index (χ4n) is 3.03. The van der Waals surface area contributed by atoms with Gasteiger partial charge in [0.1, 0.15) is 0 Å². The number of nitrogens with zero attached hydrogens (tertiary/aromatic N) is 2. The lowest BCUT2D eigenvalue weighted by Crippen LogP contribution is -2.34. The van der Waals surface area contributed by atoms with E-state index >= 15 is 0 Å². The Hall–Kier alpha value is -1.16. The van der Waals surface area contributed by atoms with Crippen molar-refractivity contribution in [3.63, 3.8) is 0 Å². The van der Waals surface area contributed by atoms with Gasteiger partial charge in [-0.1, -0.05) is 6.42 Å². The van der Waals surface area contributed by atoms with E-state index in [1.165, 1.54) is 31.2 Å². The zero-order valence-corrected chi connectivity index (χ0v) is 10.8. The lowest BCUT2D eigenvalue weighted by Gasteiger charge is -2.13.